The normalized spacial score (nSPS) is 27.6. The molecule has 0 saturated heterocycles. The minimum Gasteiger partial charge on any atom is -0.481 e. The maximum absolute atomic E-state index is 13.6. The highest BCUT2D eigenvalue weighted by Crippen LogP contribution is 2.74. The molecule has 6 fully saturated rings. The first-order chi connectivity index (χ1) is 28.2. The molecule has 6 aliphatic carbocycles. The lowest BCUT2D eigenvalue weighted by Crippen LogP contribution is -2.69. The SMILES string of the molecule is C.C.Cc1cc(F)cc(C2CC=NN2)c1.O=C(N1N=CCC1c1cc(F)cc(F)c1)C12CC(COc3cc(Cl)ncn3)(C1)C2.O=C(O)C12CC(COc3cc(Br)ncn3)(C1)C2. The van der Waals surface area contributed by atoms with E-state index in [1.165, 1.54) is 35.9 Å². The van der Waals surface area contributed by atoms with Gasteiger partial charge in [-0.15, -0.1) is 0 Å². The van der Waals surface area contributed by atoms with Gasteiger partial charge in [0, 0.05) is 54.3 Å². The Kier molecular flexibility index (Phi) is 13.1. The zero-order valence-corrected chi connectivity index (χ0v) is 34.1. The molecule has 12 rings (SSSR count). The van der Waals surface area contributed by atoms with Crippen molar-refractivity contribution in [2.45, 2.75) is 85.2 Å². The lowest BCUT2D eigenvalue weighted by molar-refractivity contribution is -0.231. The number of hydrazone groups is 2. The highest BCUT2D eigenvalue weighted by molar-refractivity contribution is 9.10. The molecule has 2 aromatic carbocycles. The first-order valence-electron chi connectivity index (χ1n) is 19.0. The molecule has 2 atom stereocenters. The summed E-state index contributed by atoms with van der Waals surface area (Å²) in [5.41, 5.74) is 4.40. The molecule has 8 aliphatic rings. The van der Waals surface area contributed by atoms with Crippen LogP contribution >= 0.6 is 27.5 Å². The molecule has 324 valence electrons. The van der Waals surface area contributed by atoms with Gasteiger partial charge in [0.2, 0.25) is 17.7 Å². The summed E-state index contributed by atoms with van der Waals surface area (Å²) < 4.78 is 52.2. The van der Waals surface area contributed by atoms with Gasteiger partial charge in [0.05, 0.1) is 36.1 Å². The third-order valence-corrected chi connectivity index (χ3v) is 12.5. The van der Waals surface area contributed by atoms with Crippen LogP contribution < -0.4 is 14.9 Å². The molecule has 4 aromatic rings. The summed E-state index contributed by atoms with van der Waals surface area (Å²) in [4.78, 5) is 39.8. The maximum Gasteiger partial charge on any atom is 0.309 e. The standard InChI is InChI=1S/C20H17ClF2N4O2.C11H11BrN2O3.C10H11FN2.2CH4/c21-16-6-17(25-11-24-16)29-10-19-7-20(8-19,9-19)18(28)27-15(1-2-26-27)12-3-13(22)5-14(23)4-12;12-7-1-8(14-6-13-7)17-5-10-2-11(3-10,4-10)9(15)16;1-7-4-8(6-9(11)5-7)10-2-3-12-13-10;;/h2-6,11,15H,1,7-10H2;1,6H,2-5H2,(H,15,16);3-6,10,13H,2H2,1H3;2*1H4. The summed E-state index contributed by atoms with van der Waals surface area (Å²) in [6.45, 7) is 2.89. The van der Waals surface area contributed by atoms with Gasteiger partial charge in [0.15, 0.2) is 0 Å². The van der Waals surface area contributed by atoms with Crippen LogP contribution in [0, 0.1) is 46.0 Å². The number of carbonyl (C=O) groups is 2. The van der Waals surface area contributed by atoms with Crippen molar-refractivity contribution >= 4 is 51.8 Å². The Balaban J connectivity index is 0.000000165. The largest absolute Gasteiger partial charge is 0.481 e. The van der Waals surface area contributed by atoms with Gasteiger partial charge in [0.1, 0.15) is 39.9 Å². The van der Waals surface area contributed by atoms with E-state index < -0.39 is 34.5 Å². The topological polar surface area (TPSA) is 164 Å². The summed E-state index contributed by atoms with van der Waals surface area (Å²) in [5, 5.41) is 18.8. The van der Waals surface area contributed by atoms with Crippen LogP contribution in [0.1, 0.15) is 95.0 Å². The summed E-state index contributed by atoms with van der Waals surface area (Å²) in [7, 11) is 0. The minimum absolute atomic E-state index is 0. The molecule has 4 bridgehead atoms. The van der Waals surface area contributed by atoms with E-state index in [1.807, 2.05) is 19.2 Å². The van der Waals surface area contributed by atoms with E-state index in [9.17, 15) is 22.8 Å². The number of hydrogen-bond acceptors (Lipinski definition) is 11. The number of nitrogens with zero attached hydrogens (tertiary/aromatic N) is 7. The molecule has 0 spiro atoms. The molecule has 2 aliphatic heterocycles. The molecule has 18 heteroatoms. The second-order valence-corrected chi connectivity index (χ2v) is 17.8. The van der Waals surface area contributed by atoms with E-state index in [-0.39, 0.29) is 43.4 Å². The Morgan fingerprint density at radius 2 is 1.36 bits per heavy atom. The molecule has 1 amide bonds. The van der Waals surface area contributed by atoms with Crippen LogP contribution in [0.5, 0.6) is 11.8 Å². The molecule has 6 saturated carbocycles. The maximum atomic E-state index is 13.6. The van der Waals surface area contributed by atoms with Crippen LogP contribution in [0.3, 0.4) is 0 Å². The summed E-state index contributed by atoms with van der Waals surface area (Å²) in [5.74, 6) is -1.31. The smallest absolute Gasteiger partial charge is 0.309 e. The number of ether oxygens (including phenoxy) is 2. The van der Waals surface area contributed by atoms with E-state index in [4.69, 9.17) is 26.2 Å². The number of aromatic nitrogens is 4. The van der Waals surface area contributed by atoms with Gasteiger partial charge in [0.25, 0.3) is 0 Å². The average Bonchev–Trinajstić information content (AvgIpc) is 3.83. The van der Waals surface area contributed by atoms with Crippen molar-refractivity contribution in [1.29, 1.82) is 0 Å². The molecule has 2 aromatic heterocycles. The van der Waals surface area contributed by atoms with Crippen LogP contribution in [-0.4, -0.2) is 67.6 Å². The van der Waals surface area contributed by atoms with E-state index >= 15 is 0 Å². The van der Waals surface area contributed by atoms with Gasteiger partial charge >= 0.3 is 5.97 Å². The Labute approximate surface area is 365 Å². The van der Waals surface area contributed by atoms with Crippen LogP contribution in [0.4, 0.5) is 13.2 Å². The van der Waals surface area contributed by atoms with Gasteiger partial charge in [-0.3, -0.25) is 9.59 Å². The third kappa shape index (κ3) is 9.37. The summed E-state index contributed by atoms with van der Waals surface area (Å²) >= 11 is 9.07. The van der Waals surface area contributed by atoms with Crippen LogP contribution in [-0.2, 0) is 9.59 Å². The lowest BCUT2D eigenvalue weighted by atomic mass is 9.35. The Morgan fingerprint density at radius 3 is 1.92 bits per heavy atom. The number of amides is 1. The zero-order valence-electron chi connectivity index (χ0n) is 31.8. The predicted molar refractivity (Wildman–Crippen MR) is 225 cm³/mol. The van der Waals surface area contributed by atoms with Crippen molar-refractivity contribution in [3.63, 3.8) is 0 Å². The quantitative estimate of drug-likeness (QED) is 0.147. The van der Waals surface area contributed by atoms with Gasteiger partial charge in [-0.05, 0) is 102 Å². The fourth-order valence-electron chi connectivity index (χ4n) is 9.43. The average molecular weight is 928 g/mol. The van der Waals surface area contributed by atoms with Crippen molar-refractivity contribution < 1.29 is 37.3 Å². The van der Waals surface area contributed by atoms with E-state index in [0.717, 1.165) is 42.9 Å². The number of aliphatic carboxylic acids is 1. The van der Waals surface area contributed by atoms with Gasteiger partial charge in [-0.25, -0.2) is 38.1 Å². The first kappa shape index (κ1) is 45.4. The number of halogens is 5. The monoisotopic (exact) mass is 926 g/mol. The molecule has 2 N–H and O–H groups in total. The summed E-state index contributed by atoms with van der Waals surface area (Å²) in [6.07, 6.45) is 11.8. The molecular formula is C43H47BrClF3N8O5. The van der Waals surface area contributed by atoms with Crippen molar-refractivity contribution in [1.82, 2.24) is 30.4 Å². The predicted octanol–water partition coefficient (Wildman–Crippen LogP) is 9.22. The van der Waals surface area contributed by atoms with Crippen molar-refractivity contribution in [2.24, 2.45) is 31.9 Å². The fourth-order valence-corrected chi connectivity index (χ4v) is 9.85. The van der Waals surface area contributed by atoms with Crippen molar-refractivity contribution in [2.75, 3.05) is 13.2 Å². The van der Waals surface area contributed by atoms with Gasteiger partial charge in [-0.1, -0.05) is 32.5 Å². The number of aryl methyl sites for hydroxylation is 1. The number of carboxylic acid groups (broad SMARTS) is 1. The molecule has 13 nitrogen and oxygen atoms in total. The second kappa shape index (κ2) is 17.7. The van der Waals surface area contributed by atoms with E-state index in [1.54, 1.807) is 24.4 Å². The number of carbonyl (C=O) groups excluding carboxylic acids is 1. The zero-order chi connectivity index (χ0) is 41.6. The van der Waals surface area contributed by atoms with Crippen LogP contribution in [0.25, 0.3) is 0 Å². The second-order valence-electron chi connectivity index (χ2n) is 16.6. The molecular weight excluding hydrogens is 881 g/mol. The van der Waals surface area contributed by atoms with Crippen molar-refractivity contribution in [3.8, 4) is 11.8 Å². The van der Waals surface area contributed by atoms with Crippen molar-refractivity contribution in [3.05, 3.63) is 105 Å². The molecule has 0 radical (unpaired) electrons. The molecule has 2 unspecified atom stereocenters. The van der Waals surface area contributed by atoms with E-state index in [0.29, 0.717) is 66.0 Å². The minimum atomic E-state index is -0.663. The summed E-state index contributed by atoms with van der Waals surface area (Å²) in [6, 6.07) is 11.3. The highest BCUT2D eigenvalue weighted by Gasteiger charge is 2.73. The number of rotatable bonds is 10. The fraction of sp³-hybridized carbons (Fsp3) is 0.442. The van der Waals surface area contributed by atoms with Crippen LogP contribution in [0.15, 0.2) is 76.0 Å². The molecule has 4 heterocycles. The first-order valence-corrected chi connectivity index (χ1v) is 20.1. The highest BCUT2D eigenvalue weighted by atomic mass is 79.9. The van der Waals surface area contributed by atoms with Gasteiger partial charge in [-0.2, -0.15) is 10.2 Å². The number of benzene rings is 2. The Morgan fingerprint density at radius 1 is 0.787 bits per heavy atom. The third-order valence-electron chi connectivity index (χ3n) is 11.9. The van der Waals surface area contributed by atoms with Gasteiger partial charge < -0.3 is 20.0 Å². The number of nitrogens with one attached hydrogen (secondary N) is 1. The Bertz CT molecular complexity index is 2270. The van der Waals surface area contributed by atoms with E-state index in [2.05, 4.69) is 51.5 Å². The Hall–Kier alpha value is -5.16. The molecule has 61 heavy (non-hydrogen) atoms. The number of hydrogen-bond donors (Lipinski definition) is 2. The van der Waals surface area contributed by atoms with Crippen LogP contribution in [0.2, 0.25) is 5.15 Å². The number of carboxylic acids is 1. The lowest BCUT2D eigenvalue weighted by Gasteiger charge is -2.69.